The highest BCUT2D eigenvalue weighted by Gasteiger charge is 2.19. The Morgan fingerprint density at radius 1 is 1.30 bits per heavy atom. The lowest BCUT2D eigenvalue weighted by Gasteiger charge is -2.21. The van der Waals surface area contributed by atoms with Crippen LogP contribution in [0.15, 0.2) is 24.3 Å². The fourth-order valence-electron chi connectivity index (χ4n) is 2.82. The fourth-order valence-corrected chi connectivity index (χ4v) is 2.82. The molecule has 0 spiro atoms. The molecular formula is C17H27NO2. The summed E-state index contributed by atoms with van der Waals surface area (Å²) in [6, 6.07) is 8.21. The summed E-state index contributed by atoms with van der Waals surface area (Å²) < 4.78 is 11.5. The molecule has 1 saturated carbocycles. The van der Waals surface area contributed by atoms with Crippen LogP contribution in [0.25, 0.3) is 0 Å². The summed E-state index contributed by atoms with van der Waals surface area (Å²) in [5, 5.41) is 3.39. The summed E-state index contributed by atoms with van der Waals surface area (Å²) in [6.07, 6.45) is 5.50. The second-order valence-corrected chi connectivity index (χ2v) is 5.56. The van der Waals surface area contributed by atoms with Gasteiger partial charge in [-0.05, 0) is 43.0 Å². The summed E-state index contributed by atoms with van der Waals surface area (Å²) in [5.41, 5.74) is 1.20. The van der Waals surface area contributed by atoms with E-state index in [1.807, 2.05) is 12.1 Å². The number of benzene rings is 1. The quantitative estimate of drug-likeness (QED) is 0.788. The zero-order chi connectivity index (χ0) is 14.2. The van der Waals surface area contributed by atoms with Crippen LogP contribution < -0.4 is 10.1 Å². The molecule has 20 heavy (non-hydrogen) atoms. The van der Waals surface area contributed by atoms with E-state index in [0.29, 0.717) is 0 Å². The lowest BCUT2D eigenvalue weighted by Crippen LogP contribution is -2.24. The minimum atomic E-state index is 0.116. The zero-order valence-electron chi connectivity index (χ0n) is 12.7. The van der Waals surface area contributed by atoms with Gasteiger partial charge in [0.15, 0.2) is 0 Å². The standard InChI is InChI=1S/C17H27NO2/c1-3-18-12-17(20-13-14-7-4-5-8-14)15-9-6-10-16(11-15)19-2/h6,9-11,14,17-18H,3-5,7-8,12-13H2,1-2H3. The minimum Gasteiger partial charge on any atom is -0.497 e. The van der Waals surface area contributed by atoms with Crippen LogP contribution in [0.1, 0.15) is 44.3 Å². The number of hydrogen-bond donors (Lipinski definition) is 1. The van der Waals surface area contributed by atoms with Gasteiger partial charge in [-0.25, -0.2) is 0 Å². The van der Waals surface area contributed by atoms with Crippen LogP contribution in [0.4, 0.5) is 0 Å². The van der Waals surface area contributed by atoms with Crippen molar-refractivity contribution in [2.75, 3.05) is 26.8 Å². The molecule has 1 aromatic carbocycles. The highest BCUT2D eigenvalue weighted by Crippen LogP contribution is 2.28. The summed E-state index contributed by atoms with van der Waals surface area (Å²) in [5.74, 6) is 1.65. The van der Waals surface area contributed by atoms with Gasteiger partial charge in [-0.2, -0.15) is 0 Å². The molecule has 0 aromatic heterocycles. The first-order valence-corrected chi connectivity index (χ1v) is 7.79. The molecule has 0 bridgehead atoms. The van der Waals surface area contributed by atoms with Gasteiger partial charge in [0.05, 0.1) is 19.8 Å². The minimum absolute atomic E-state index is 0.116. The molecule has 1 fully saturated rings. The third kappa shape index (κ3) is 4.50. The molecule has 0 saturated heterocycles. The Bertz CT molecular complexity index is 388. The molecule has 1 atom stereocenters. The smallest absolute Gasteiger partial charge is 0.119 e. The highest BCUT2D eigenvalue weighted by molar-refractivity contribution is 5.30. The van der Waals surface area contributed by atoms with Gasteiger partial charge in [0.2, 0.25) is 0 Å². The first-order valence-electron chi connectivity index (χ1n) is 7.79. The van der Waals surface area contributed by atoms with E-state index in [9.17, 15) is 0 Å². The van der Waals surface area contributed by atoms with Crippen molar-refractivity contribution < 1.29 is 9.47 Å². The molecule has 1 N–H and O–H groups in total. The molecule has 112 valence electrons. The van der Waals surface area contributed by atoms with E-state index in [0.717, 1.165) is 31.4 Å². The number of hydrogen-bond acceptors (Lipinski definition) is 3. The normalized spacial score (nSPS) is 17.3. The van der Waals surface area contributed by atoms with Crippen molar-refractivity contribution in [1.29, 1.82) is 0 Å². The average molecular weight is 277 g/mol. The predicted octanol–water partition coefficient (Wildman–Crippen LogP) is 3.55. The highest BCUT2D eigenvalue weighted by atomic mass is 16.5. The van der Waals surface area contributed by atoms with E-state index in [4.69, 9.17) is 9.47 Å². The molecule has 1 aromatic rings. The van der Waals surface area contributed by atoms with E-state index in [2.05, 4.69) is 24.4 Å². The number of methoxy groups -OCH3 is 1. The monoisotopic (exact) mass is 277 g/mol. The second-order valence-electron chi connectivity index (χ2n) is 5.56. The Hall–Kier alpha value is -1.06. The van der Waals surface area contributed by atoms with Crippen molar-refractivity contribution in [2.24, 2.45) is 5.92 Å². The van der Waals surface area contributed by atoms with E-state index in [1.54, 1.807) is 7.11 Å². The lowest BCUT2D eigenvalue weighted by atomic mass is 10.1. The molecule has 1 unspecified atom stereocenters. The van der Waals surface area contributed by atoms with E-state index >= 15 is 0 Å². The first kappa shape index (κ1) is 15.3. The Kier molecular flexibility index (Phi) is 6.34. The molecule has 0 amide bonds. The van der Waals surface area contributed by atoms with Crippen molar-refractivity contribution in [3.05, 3.63) is 29.8 Å². The second kappa shape index (κ2) is 8.28. The van der Waals surface area contributed by atoms with E-state index in [-0.39, 0.29) is 6.10 Å². The summed E-state index contributed by atoms with van der Waals surface area (Å²) >= 11 is 0. The maximum Gasteiger partial charge on any atom is 0.119 e. The molecule has 1 aliphatic rings. The molecule has 0 heterocycles. The van der Waals surface area contributed by atoms with Gasteiger partial charge in [-0.1, -0.05) is 31.9 Å². The topological polar surface area (TPSA) is 30.5 Å². The molecule has 3 nitrogen and oxygen atoms in total. The first-order chi connectivity index (χ1) is 9.83. The Morgan fingerprint density at radius 2 is 2.10 bits per heavy atom. The summed E-state index contributed by atoms with van der Waals surface area (Å²) in [6.45, 7) is 4.83. The summed E-state index contributed by atoms with van der Waals surface area (Å²) in [4.78, 5) is 0. The van der Waals surface area contributed by atoms with Crippen molar-refractivity contribution >= 4 is 0 Å². The Labute approximate surface area is 122 Å². The predicted molar refractivity (Wildman–Crippen MR) is 82.2 cm³/mol. The average Bonchev–Trinajstić information content (AvgIpc) is 3.01. The van der Waals surface area contributed by atoms with Crippen LogP contribution in [-0.4, -0.2) is 26.8 Å². The van der Waals surface area contributed by atoms with Gasteiger partial charge < -0.3 is 14.8 Å². The number of nitrogens with one attached hydrogen (secondary N) is 1. The molecule has 0 aliphatic heterocycles. The fraction of sp³-hybridized carbons (Fsp3) is 0.647. The largest absolute Gasteiger partial charge is 0.497 e. The van der Waals surface area contributed by atoms with Crippen LogP contribution >= 0.6 is 0 Å². The molecule has 0 radical (unpaired) electrons. The Balaban J connectivity index is 1.97. The van der Waals surface area contributed by atoms with Crippen LogP contribution in [-0.2, 0) is 4.74 Å². The van der Waals surface area contributed by atoms with Gasteiger partial charge in [0, 0.05) is 6.54 Å². The van der Waals surface area contributed by atoms with Crippen molar-refractivity contribution in [3.8, 4) is 5.75 Å². The van der Waals surface area contributed by atoms with Crippen LogP contribution in [0.2, 0.25) is 0 Å². The molecule has 1 aliphatic carbocycles. The van der Waals surface area contributed by atoms with E-state index in [1.165, 1.54) is 31.2 Å². The van der Waals surface area contributed by atoms with Crippen molar-refractivity contribution in [2.45, 2.75) is 38.7 Å². The number of rotatable bonds is 8. The maximum atomic E-state index is 6.20. The van der Waals surface area contributed by atoms with Gasteiger partial charge in [0.25, 0.3) is 0 Å². The van der Waals surface area contributed by atoms with Crippen LogP contribution in [0.3, 0.4) is 0 Å². The molecular weight excluding hydrogens is 250 g/mol. The zero-order valence-corrected chi connectivity index (χ0v) is 12.7. The lowest BCUT2D eigenvalue weighted by molar-refractivity contribution is 0.0297. The van der Waals surface area contributed by atoms with Crippen LogP contribution in [0, 0.1) is 5.92 Å². The number of likely N-dealkylation sites (N-methyl/N-ethyl adjacent to an activating group) is 1. The summed E-state index contributed by atoms with van der Waals surface area (Å²) in [7, 11) is 1.71. The van der Waals surface area contributed by atoms with E-state index < -0.39 is 0 Å². The number of ether oxygens (including phenoxy) is 2. The van der Waals surface area contributed by atoms with Gasteiger partial charge >= 0.3 is 0 Å². The third-order valence-corrected chi connectivity index (χ3v) is 4.05. The van der Waals surface area contributed by atoms with Crippen molar-refractivity contribution in [3.63, 3.8) is 0 Å². The van der Waals surface area contributed by atoms with Gasteiger partial charge in [-0.15, -0.1) is 0 Å². The Morgan fingerprint density at radius 3 is 2.80 bits per heavy atom. The molecule has 3 heteroatoms. The van der Waals surface area contributed by atoms with Gasteiger partial charge in [-0.3, -0.25) is 0 Å². The van der Waals surface area contributed by atoms with Crippen LogP contribution in [0.5, 0.6) is 5.75 Å². The third-order valence-electron chi connectivity index (χ3n) is 4.05. The SMILES string of the molecule is CCNCC(OCC1CCCC1)c1cccc(OC)c1. The maximum absolute atomic E-state index is 6.20. The van der Waals surface area contributed by atoms with Crippen molar-refractivity contribution in [1.82, 2.24) is 5.32 Å². The van der Waals surface area contributed by atoms with Gasteiger partial charge in [0.1, 0.15) is 5.75 Å². The molecule has 2 rings (SSSR count).